The van der Waals surface area contributed by atoms with E-state index in [1.807, 2.05) is 13.8 Å². The second kappa shape index (κ2) is 4.00. The highest BCUT2D eigenvalue weighted by molar-refractivity contribution is 7.77. The van der Waals surface area contributed by atoms with E-state index in [0.29, 0.717) is 0 Å². The van der Waals surface area contributed by atoms with Crippen LogP contribution in [-0.4, -0.2) is 14.8 Å². The normalized spacial score (nSPS) is 17.9. The topological polar surface area (TPSA) is 52.2 Å². The quantitative estimate of drug-likeness (QED) is 0.562. The first-order chi connectivity index (χ1) is 3.66. The van der Waals surface area contributed by atoms with Crippen molar-refractivity contribution in [2.45, 2.75) is 26.3 Å². The van der Waals surface area contributed by atoms with Crippen molar-refractivity contribution in [3.63, 3.8) is 0 Å². The summed E-state index contributed by atoms with van der Waals surface area (Å²) < 4.78 is 22.0. The highest BCUT2D eigenvalue weighted by Gasteiger charge is 1.93. The van der Waals surface area contributed by atoms with Crippen molar-refractivity contribution in [1.82, 2.24) is 4.72 Å². The van der Waals surface area contributed by atoms with Gasteiger partial charge in [0.05, 0.1) is 0 Å². The highest BCUT2D eigenvalue weighted by Crippen LogP contribution is 1.86. The summed E-state index contributed by atoms with van der Waals surface area (Å²) in [5.74, 6) is 0. The lowest BCUT2D eigenvalue weighted by molar-refractivity contribution is 0.505. The number of hydrogen-bond donors (Lipinski definition) is 1. The number of nitrogens with one attached hydrogen (secondary N) is 1. The minimum absolute atomic E-state index is 0.0633. The van der Waals surface area contributed by atoms with E-state index in [1.165, 1.54) is 0 Å². The molecule has 0 aromatic rings. The highest BCUT2D eigenvalue weighted by atomic mass is 32.2. The third-order valence-corrected chi connectivity index (χ3v) is 1.50. The van der Waals surface area contributed by atoms with Gasteiger partial charge in [0.2, 0.25) is 0 Å². The lowest BCUT2D eigenvalue weighted by atomic mass is 10.3. The average Bonchev–Trinajstić information content (AvgIpc) is 1.65. The Morgan fingerprint density at radius 3 is 2.50 bits per heavy atom. The standard InChI is InChI=1S/C4H11NO2S/c1-3-4(2)5-8(6)7/h4-5H,3H2,1-2H3,(H,6,7)/p-1. The fraction of sp³-hybridized carbons (Fsp3) is 1.00. The Morgan fingerprint density at radius 1 is 1.88 bits per heavy atom. The smallest absolute Gasteiger partial charge is 0.0183 e. The molecule has 50 valence electrons. The van der Waals surface area contributed by atoms with E-state index in [9.17, 15) is 8.76 Å². The summed E-state index contributed by atoms with van der Waals surface area (Å²) >= 11 is -2.10. The molecular weight excluding hydrogens is 126 g/mol. The Kier molecular flexibility index (Phi) is 4.03. The lowest BCUT2D eigenvalue weighted by Gasteiger charge is -2.11. The first kappa shape index (κ1) is 8.07. The van der Waals surface area contributed by atoms with Gasteiger partial charge in [-0.15, -0.1) is 0 Å². The molecule has 0 amide bonds. The summed E-state index contributed by atoms with van der Waals surface area (Å²) in [6.07, 6.45) is 0.827. The first-order valence-electron chi connectivity index (χ1n) is 2.52. The van der Waals surface area contributed by atoms with Gasteiger partial charge in [0.25, 0.3) is 0 Å². The average molecular weight is 136 g/mol. The van der Waals surface area contributed by atoms with Crippen LogP contribution in [0.1, 0.15) is 20.3 Å². The van der Waals surface area contributed by atoms with Crippen molar-refractivity contribution in [2.24, 2.45) is 0 Å². The van der Waals surface area contributed by atoms with Gasteiger partial charge in [-0.05, 0) is 13.3 Å². The van der Waals surface area contributed by atoms with E-state index in [-0.39, 0.29) is 6.04 Å². The van der Waals surface area contributed by atoms with Crippen LogP contribution in [-0.2, 0) is 11.3 Å². The van der Waals surface area contributed by atoms with Gasteiger partial charge in [-0.3, -0.25) is 4.21 Å². The van der Waals surface area contributed by atoms with Crippen LogP contribution in [0.15, 0.2) is 0 Å². The van der Waals surface area contributed by atoms with Crippen LogP contribution in [0.4, 0.5) is 0 Å². The summed E-state index contributed by atoms with van der Waals surface area (Å²) in [6, 6.07) is 0.0633. The van der Waals surface area contributed by atoms with Gasteiger partial charge >= 0.3 is 0 Å². The van der Waals surface area contributed by atoms with Crippen molar-refractivity contribution >= 4 is 11.3 Å². The van der Waals surface area contributed by atoms with Crippen LogP contribution in [0.5, 0.6) is 0 Å². The summed E-state index contributed by atoms with van der Waals surface area (Å²) in [4.78, 5) is 0. The predicted molar refractivity (Wildman–Crippen MR) is 31.8 cm³/mol. The Balaban J connectivity index is 3.24. The van der Waals surface area contributed by atoms with Gasteiger partial charge in [-0.2, -0.15) is 0 Å². The zero-order chi connectivity index (χ0) is 6.57. The van der Waals surface area contributed by atoms with Crippen LogP contribution in [0.2, 0.25) is 0 Å². The minimum atomic E-state index is -2.10. The molecule has 0 saturated heterocycles. The van der Waals surface area contributed by atoms with Gasteiger partial charge in [-0.1, -0.05) is 6.92 Å². The molecule has 0 aliphatic rings. The van der Waals surface area contributed by atoms with Crippen molar-refractivity contribution < 1.29 is 8.76 Å². The third-order valence-electron chi connectivity index (χ3n) is 0.910. The Bertz CT molecular complexity index is 86.1. The SMILES string of the molecule is CCC(C)NS(=O)[O-]. The molecule has 8 heavy (non-hydrogen) atoms. The molecule has 4 heteroatoms. The largest absolute Gasteiger partial charge is 0.760 e. The molecule has 0 rings (SSSR count). The first-order valence-corrected chi connectivity index (χ1v) is 3.59. The van der Waals surface area contributed by atoms with E-state index in [4.69, 9.17) is 0 Å². The molecule has 0 aliphatic heterocycles. The predicted octanol–water partition coefficient (Wildman–Crippen LogP) is 0.169. The van der Waals surface area contributed by atoms with E-state index in [1.54, 1.807) is 0 Å². The maximum Gasteiger partial charge on any atom is 0.0183 e. The van der Waals surface area contributed by atoms with Gasteiger partial charge < -0.3 is 4.55 Å². The summed E-state index contributed by atoms with van der Waals surface area (Å²) in [5, 5.41) is 0. The monoisotopic (exact) mass is 136 g/mol. The van der Waals surface area contributed by atoms with Crippen molar-refractivity contribution in [3.05, 3.63) is 0 Å². The van der Waals surface area contributed by atoms with E-state index in [2.05, 4.69) is 4.72 Å². The van der Waals surface area contributed by atoms with Crippen LogP contribution in [0.25, 0.3) is 0 Å². The maximum absolute atomic E-state index is 9.86. The Labute approximate surface area is 51.9 Å². The minimum Gasteiger partial charge on any atom is -0.760 e. The van der Waals surface area contributed by atoms with E-state index < -0.39 is 11.3 Å². The molecule has 0 aromatic heterocycles. The van der Waals surface area contributed by atoms with Gasteiger partial charge in [0, 0.05) is 17.3 Å². The number of rotatable bonds is 3. The fourth-order valence-corrected chi connectivity index (χ4v) is 0.743. The summed E-state index contributed by atoms with van der Waals surface area (Å²) in [6.45, 7) is 3.74. The van der Waals surface area contributed by atoms with Crippen LogP contribution < -0.4 is 4.72 Å². The van der Waals surface area contributed by atoms with Gasteiger partial charge in [0.15, 0.2) is 0 Å². The molecule has 1 N–H and O–H groups in total. The molecular formula is C4H10NO2S-. The molecule has 0 fully saturated rings. The molecule has 0 aliphatic carbocycles. The second-order valence-electron chi connectivity index (χ2n) is 1.66. The van der Waals surface area contributed by atoms with Crippen molar-refractivity contribution in [3.8, 4) is 0 Å². The van der Waals surface area contributed by atoms with E-state index >= 15 is 0 Å². The Morgan fingerprint density at radius 2 is 2.38 bits per heavy atom. The molecule has 0 bridgehead atoms. The third kappa shape index (κ3) is 4.23. The number of hydrogen-bond acceptors (Lipinski definition) is 2. The van der Waals surface area contributed by atoms with Crippen LogP contribution in [0.3, 0.4) is 0 Å². The lowest BCUT2D eigenvalue weighted by Crippen LogP contribution is -2.26. The van der Waals surface area contributed by atoms with Crippen LogP contribution in [0, 0.1) is 0 Å². The fourth-order valence-electron chi connectivity index (χ4n) is 0.248. The Hall–Kier alpha value is 0.0700. The van der Waals surface area contributed by atoms with Gasteiger partial charge in [-0.25, -0.2) is 4.72 Å². The summed E-state index contributed by atoms with van der Waals surface area (Å²) in [5.41, 5.74) is 0. The zero-order valence-corrected chi connectivity index (χ0v) is 5.83. The molecule has 0 aromatic carbocycles. The van der Waals surface area contributed by atoms with Crippen molar-refractivity contribution in [2.75, 3.05) is 0 Å². The van der Waals surface area contributed by atoms with Crippen LogP contribution >= 0.6 is 0 Å². The molecule has 0 radical (unpaired) electrons. The second-order valence-corrected chi connectivity index (χ2v) is 2.37. The molecule has 0 heterocycles. The maximum atomic E-state index is 9.86. The summed E-state index contributed by atoms with van der Waals surface area (Å²) in [7, 11) is 0. The van der Waals surface area contributed by atoms with Gasteiger partial charge in [0.1, 0.15) is 0 Å². The van der Waals surface area contributed by atoms with Crippen molar-refractivity contribution in [1.29, 1.82) is 0 Å². The molecule has 0 spiro atoms. The molecule has 3 nitrogen and oxygen atoms in total. The van der Waals surface area contributed by atoms with E-state index in [0.717, 1.165) is 6.42 Å². The molecule has 2 unspecified atom stereocenters. The molecule has 2 atom stereocenters. The zero-order valence-electron chi connectivity index (χ0n) is 5.01. The molecule has 0 saturated carbocycles.